The zero-order chi connectivity index (χ0) is 13.3. The second-order valence-electron chi connectivity index (χ2n) is 5.57. The first-order chi connectivity index (χ1) is 9.19. The lowest BCUT2D eigenvalue weighted by molar-refractivity contribution is 0.301. The van der Waals surface area contributed by atoms with Gasteiger partial charge < -0.3 is 5.73 Å². The van der Waals surface area contributed by atoms with E-state index < -0.39 is 0 Å². The quantitative estimate of drug-likeness (QED) is 0.888. The van der Waals surface area contributed by atoms with Gasteiger partial charge in [0.05, 0.1) is 11.2 Å². The molecule has 1 fully saturated rings. The standard InChI is InChI=1S/C16H20N2S/c1-12-7-3-4-8-13(12)14-11-19-15(18-14)16(17)9-5-2-6-10-16/h3-4,7-8,11H,2,5-6,9-10,17H2,1H3. The van der Waals surface area contributed by atoms with Gasteiger partial charge >= 0.3 is 0 Å². The zero-order valence-corrected chi connectivity index (χ0v) is 12.2. The number of rotatable bonds is 2. The van der Waals surface area contributed by atoms with Crippen molar-refractivity contribution >= 4 is 11.3 Å². The van der Waals surface area contributed by atoms with Gasteiger partial charge in [0.25, 0.3) is 0 Å². The highest BCUT2D eigenvalue weighted by Gasteiger charge is 2.32. The summed E-state index contributed by atoms with van der Waals surface area (Å²) in [7, 11) is 0. The first kappa shape index (κ1) is 12.8. The van der Waals surface area contributed by atoms with E-state index in [1.54, 1.807) is 11.3 Å². The molecule has 1 aromatic heterocycles. The van der Waals surface area contributed by atoms with Crippen LogP contribution in [-0.4, -0.2) is 4.98 Å². The molecule has 0 bridgehead atoms. The molecule has 1 aliphatic carbocycles. The monoisotopic (exact) mass is 272 g/mol. The predicted molar refractivity (Wildman–Crippen MR) is 81.2 cm³/mol. The Morgan fingerprint density at radius 1 is 1.16 bits per heavy atom. The third-order valence-electron chi connectivity index (χ3n) is 4.10. The highest BCUT2D eigenvalue weighted by atomic mass is 32.1. The highest BCUT2D eigenvalue weighted by molar-refractivity contribution is 7.10. The highest BCUT2D eigenvalue weighted by Crippen LogP contribution is 2.38. The van der Waals surface area contributed by atoms with E-state index in [2.05, 4.69) is 36.6 Å². The molecule has 0 unspecified atom stereocenters. The van der Waals surface area contributed by atoms with Crippen molar-refractivity contribution < 1.29 is 0 Å². The normalized spacial score (nSPS) is 18.4. The molecule has 2 nitrogen and oxygen atoms in total. The van der Waals surface area contributed by atoms with Crippen LogP contribution in [-0.2, 0) is 5.54 Å². The molecule has 1 aromatic carbocycles. The van der Waals surface area contributed by atoms with Crippen LogP contribution in [0.2, 0.25) is 0 Å². The summed E-state index contributed by atoms with van der Waals surface area (Å²) in [6.07, 6.45) is 5.93. The van der Waals surface area contributed by atoms with E-state index in [0.717, 1.165) is 23.5 Å². The molecule has 0 spiro atoms. The van der Waals surface area contributed by atoms with Crippen molar-refractivity contribution in [1.82, 2.24) is 4.98 Å². The van der Waals surface area contributed by atoms with Gasteiger partial charge in [-0.25, -0.2) is 4.98 Å². The van der Waals surface area contributed by atoms with Crippen molar-refractivity contribution in [2.45, 2.75) is 44.6 Å². The minimum atomic E-state index is -0.177. The summed E-state index contributed by atoms with van der Waals surface area (Å²) >= 11 is 1.72. The number of hydrogen-bond donors (Lipinski definition) is 1. The molecule has 0 amide bonds. The Labute approximate surface area is 118 Å². The fourth-order valence-corrected chi connectivity index (χ4v) is 3.88. The summed E-state index contributed by atoms with van der Waals surface area (Å²) in [4.78, 5) is 4.83. The molecule has 1 aliphatic rings. The van der Waals surface area contributed by atoms with Crippen molar-refractivity contribution in [2.24, 2.45) is 5.73 Å². The second kappa shape index (κ2) is 5.06. The smallest absolute Gasteiger partial charge is 0.113 e. The van der Waals surface area contributed by atoms with Crippen molar-refractivity contribution in [2.75, 3.05) is 0 Å². The first-order valence-corrected chi connectivity index (χ1v) is 7.88. The number of hydrogen-bond acceptors (Lipinski definition) is 3. The van der Waals surface area contributed by atoms with E-state index in [-0.39, 0.29) is 5.54 Å². The molecule has 2 N–H and O–H groups in total. The fraction of sp³-hybridized carbons (Fsp3) is 0.438. The van der Waals surface area contributed by atoms with Crippen LogP contribution in [0.25, 0.3) is 11.3 Å². The first-order valence-electron chi connectivity index (χ1n) is 7.00. The van der Waals surface area contributed by atoms with Gasteiger partial charge in [-0.3, -0.25) is 0 Å². The topological polar surface area (TPSA) is 38.9 Å². The van der Waals surface area contributed by atoms with Gasteiger partial charge in [-0.15, -0.1) is 11.3 Å². The molecule has 0 atom stereocenters. The summed E-state index contributed by atoms with van der Waals surface area (Å²) < 4.78 is 0. The van der Waals surface area contributed by atoms with Crippen molar-refractivity contribution in [1.29, 1.82) is 0 Å². The molecule has 0 saturated heterocycles. The van der Waals surface area contributed by atoms with Crippen LogP contribution in [0, 0.1) is 6.92 Å². The summed E-state index contributed by atoms with van der Waals surface area (Å²) in [6, 6.07) is 8.41. The molecule has 100 valence electrons. The van der Waals surface area contributed by atoms with Crippen LogP contribution in [0.3, 0.4) is 0 Å². The van der Waals surface area contributed by atoms with Crippen LogP contribution < -0.4 is 5.73 Å². The van der Waals surface area contributed by atoms with Crippen LogP contribution >= 0.6 is 11.3 Å². The third-order valence-corrected chi connectivity index (χ3v) is 5.16. The van der Waals surface area contributed by atoms with Gasteiger partial charge in [-0.1, -0.05) is 43.5 Å². The minimum Gasteiger partial charge on any atom is -0.319 e. The number of thiazole rings is 1. The van der Waals surface area contributed by atoms with Gasteiger partial charge in [-0.2, -0.15) is 0 Å². The Hall–Kier alpha value is -1.19. The molecule has 1 saturated carbocycles. The van der Waals surface area contributed by atoms with Gasteiger partial charge in [-0.05, 0) is 25.3 Å². The maximum atomic E-state index is 6.56. The average molecular weight is 272 g/mol. The zero-order valence-electron chi connectivity index (χ0n) is 11.4. The van der Waals surface area contributed by atoms with Gasteiger partial charge in [0.15, 0.2) is 0 Å². The van der Waals surface area contributed by atoms with E-state index >= 15 is 0 Å². The van der Waals surface area contributed by atoms with Crippen LogP contribution in [0.5, 0.6) is 0 Å². The Morgan fingerprint density at radius 2 is 1.89 bits per heavy atom. The average Bonchev–Trinajstić information content (AvgIpc) is 2.90. The summed E-state index contributed by atoms with van der Waals surface area (Å²) in [5, 5.41) is 3.27. The molecule has 1 heterocycles. The van der Waals surface area contributed by atoms with Crippen molar-refractivity contribution in [3.63, 3.8) is 0 Å². The number of aromatic nitrogens is 1. The molecule has 0 radical (unpaired) electrons. The lowest BCUT2D eigenvalue weighted by Crippen LogP contribution is -2.38. The van der Waals surface area contributed by atoms with E-state index in [9.17, 15) is 0 Å². The molecular formula is C16H20N2S. The molecule has 19 heavy (non-hydrogen) atoms. The number of benzene rings is 1. The van der Waals surface area contributed by atoms with Crippen LogP contribution in [0.1, 0.15) is 42.7 Å². The maximum absolute atomic E-state index is 6.56. The third kappa shape index (κ3) is 2.45. The summed E-state index contributed by atoms with van der Waals surface area (Å²) in [6.45, 7) is 2.13. The lowest BCUT2D eigenvalue weighted by atomic mass is 9.83. The number of nitrogens with zero attached hydrogens (tertiary/aromatic N) is 1. The van der Waals surface area contributed by atoms with Gasteiger partial charge in [0, 0.05) is 10.9 Å². The van der Waals surface area contributed by atoms with Crippen LogP contribution in [0.4, 0.5) is 0 Å². The minimum absolute atomic E-state index is 0.177. The lowest BCUT2D eigenvalue weighted by Gasteiger charge is -2.31. The number of nitrogens with two attached hydrogens (primary N) is 1. The Balaban J connectivity index is 1.93. The van der Waals surface area contributed by atoms with E-state index in [4.69, 9.17) is 10.7 Å². The predicted octanol–water partition coefficient (Wildman–Crippen LogP) is 4.24. The molecular weight excluding hydrogens is 252 g/mol. The number of aryl methyl sites for hydroxylation is 1. The molecule has 3 heteroatoms. The second-order valence-corrected chi connectivity index (χ2v) is 6.43. The van der Waals surface area contributed by atoms with E-state index in [1.807, 2.05) is 0 Å². The fourth-order valence-electron chi connectivity index (χ4n) is 2.88. The van der Waals surface area contributed by atoms with Gasteiger partial charge in [0.1, 0.15) is 5.01 Å². The van der Waals surface area contributed by atoms with Gasteiger partial charge in [0.2, 0.25) is 0 Å². The van der Waals surface area contributed by atoms with E-state index in [0.29, 0.717) is 0 Å². The molecule has 2 aromatic rings. The summed E-state index contributed by atoms with van der Waals surface area (Å²) in [5.41, 5.74) is 9.96. The largest absolute Gasteiger partial charge is 0.319 e. The van der Waals surface area contributed by atoms with Crippen molar-refractivity contribution in [3.05, 3.63) is 40.2 Å². The van der Waals surface area contributed by atoms with E-state index in [1.165, 1.54) is 30.4 Å². The molecule has 0 aliphatic heterocycles. The van der Waals surface area contributed by atoms with Crippen molar-refractivity contribution in [3.8, 4) is 11.3 Å². The Bertz CT molecular complexity index is 568. The maximum Gasteiger partial charge on any atom is 0.113 e. The molecule has 3 rings (SSSR count). The Morgan fingerprint density at radius 3 is 2.63 bits per heavy atom. The van der Waals surface area contributed by atoms with Crippen LogP contribution in [0.15, 0.2) is 29.6 Å². The summed E-state index contributed by atoms with van der Waals surface area (Å²) in [5.74, 6) is 0. The Kier molecular flexibility index (Phi) is 3.42. The SMILES string of the molecule is Cc1ccccc1-c1csc(C2(N)CCCCC2)n1.